The van der Waals surface area contributed by atoms with E-state index in [-0.39, 0.29) is 6.61 Å². The van der Waals surface area contributed by atoms with Crippen LogP contribution < -0.4 is 0 Å². The second-order valence-electron chi connectivity index (χ2n) is 3.14. The smallest absolute Gasteiger partial charge is 0.454 e. The lowest BCUT2D eigenvalue weighted by molar-refractivity contribution is -0.206. The third-order valence-electron chi connectivity index (χ3n) is 1.53. The Morgan fingerprint density at radius 3 is 2.47 bits per heavy atom. The van der Waals surface area contributed by atoms with E-state index in [9.17, 15) is 18.0 Å². The highest BCUT2D eigenvalue weighted by Crippen LogP contribution is 2.17. The van der Waals surface area contributed by atoms with Gasteiger partial charge in [-0.2, -0.15) is 13.2 Å². The minimum Gasteiger partial charge on any atom is -0.454 e. The number of hydrogen-bond acceptors (Lipinski definition) is 3. The van der Waals surface area contributed by atoms with Crippen LogP contribution in [0.4, 0.5) is 13.2 Å². The van der Waals surface area contributed by atoms with Gasteiger partial charge in [-0.05, 0) is 13.3 Å². The van der Waals surface area contributed by atoms with Gasteiger partial charge in [0.2, 0.25) is 0 Å². The van der Waals surface area contributed by atoms with Crippen LogP contribution in [0.3, 0.4) is 0 Å². The molecule has 0 spiro atoms. The van der Waals surface area contributed by atoms with E-state index in [4.69, 9.17) is 4.74 Å². The summed E-state index contributed by atoms with van der Waals surface area (Å²) in [5, 5.41) is 0. The van der Waals surface area contributed by atoms with Gasteiger partial charge in [0.15, 0.2) is 0 Å². The minimum atomic E-state index is -4.93. The highest BCUT2D eigenvalue weighted by Gasteiger charge is 2.41. The van der Waals surface area contributed by atoms with Crippen LogP contribution in [0, 0.1) is 0 Å². The Bertz CT molecular complexity index is 192. The van der Waals surface area contributed by atoms with Crippen molar-refractivity contribution in [3.63, 3.8) is 0 Å². The zero-order valence-corrected chi connectivity index (χ0v) is 8.76. The molecule has 0 aromatic rings. The molecule has 6 heteroatoms. The van der Waals surface area contributed by atoms with Gasteiger partial charge in [0.1, 0.15) is 6.10 Å². The first-order chi connectivity index (χ1) is 6.88. The van der Waals surface area contributed by atoms with Crippen LogP contribution in [0.1, 0.15) is 26.7 Å². The number of esters is 1. The van der Waals surface area contributed by atoms with Gasteiger partial charge < -0.3 is 9.47 Å². The van der Waals surface area contributed by atoms with Gasteiger partial charge >= 0.3 is 12.1 Å². The Hall–Kier alpha value is -0.780. The second kappa shape index (κ2) is 6.66. The average molecular weight is 228 g/mol. The molecule has 0 bridgehead atoms. The molecule has 0 aliphatic carbocycles. The molecule has 0 aliphatic rings. The molecule has 1 unspecified atom stereocenters. The Balaban J connectivity index is 3.65. The molecule has 0 amide bonds. The fourth-order valence-electron chi connectivity index (χ4n) is 0.779. The first-order valence-electron chi connectivity index (χ1n) is 4.73. The number of carbonyl (C=O) groups excluding carboxylic acids is 1. The standard InChI is InChI=1S/C9H15F3O3/c1-3-4-5-14-6-7(2)15-8(13)9(10,11)12/h7H,3-6H2,1-2H3. The van der Waals surface area contributed by atoms with Gasteiger partial charge in [0.25, 0.3) is 0 Å². The highest BCUT2D eigenvalue weighted by atomic mass is 19.4. The van der Waals surface area contributed by atoms with E-state index in [0.717, 1.165) is 12.8 Å². The number of hydrogen-bond donors (Lipinski definition) is 0. The Morgan fingerprint density at radius 1 is 1.40 bits per heavy atom. The lowest BCUT2D eigenvalue weighted by atomic mass is 10.3. The summed E-state index contributed by atoms with van der Waals surface area (Å²) >= 11 is 0. The second-order valence-corrected chi connectivity index (χ2v) is 3.14. The zero-order chi connectivity index (χ0) is 11.9. The van der Waals surface area contributed by atoms with Crippen LogP contribution >= 0.6 is 0 Å². The maximum absolute atomic E-state index is 11.7. The normalized spacial score (nSPS) is 13.7. The van der Waals surface area contributed by atoms with E-state index < -0.39 is 18.2 Å². The van der Waals surface area contributed by atoms with Crippen LogP contribution in [0.15, 0.2) is 0 Å². The fourth-order valence-corrected chi connectivity index (χ4v) is 0.779. The molecular weight excluding hydrogens is 213 g/mol. The minimum absolute atomic E-state index is 0.0121. The zero-order valence-electron chi connectivity index (χ0n) is 8.76. The van der Waals surface area contributed by atoms with E-state index in [1.54, 1.807) is 0 Å². The van der Waals surface area contributed by atoms with E-state index >= 15 is 0 Å². The van der Waals surface area contributed by atoms with Crippen molar-refractivity contribution in [3.8, 4) is 0 Å². The fraction of sp³-hybridized carbons (Fsp3) is 0.889. The molecule has 0 fully saturated rings. The van der Waals surface area contributed by atoms with E-state index in [2.05, 4.69) is 4.74 Å². The largest absolute Gasteiger partial charge is 0.490 e. The highest BCUT2D eigenvalue weighted by molar-refractivity contribution is 5.75. The molecule has 0 saturated heterocycles. The summed E-state index contributed by atoms with van der Waals surface area (Å²) in [7, 11) is 0. The Kier molecular flexibility index (Phi) is 6.31. The van der Waals surface area contributed by atoms with E-state index in [1.165, 1.54) is 6.92 Å². The summed E-state index contributed by atoms with van der Waals surface area (Å²) in [6.45, 7) is 3.78. The first-order valence-corrected chi connectivity index (χ1v) is 4.73. The van der Waals surface area contributed by atoms with Gasteiger partial charge in [0, 0.05) is 6.61 Å². The van der Waals surface area contributed by atoms with Gasteiger partial charge in [-0.1, -0.05) is 13.3 Å². The van der Waals surface area contributed by atoms with Crippen molar-refractivity contribution in [1.29, 1.82) is 0 Å². The predicted octanol–water partition coefficient (Wildman–Crippen LogP) is 2.30. The number of carbonyl (C=O) groups is 1. The SMILES string of the molecule is CCCCOCC(C)OC(=O)C(F)(F)F. The molecule has 0 heterocycles. The van der Waals surface area contributed by atoms with Crippen LogP contribution in [-0.4, -0.2) is 31.5 Å². The summed E-state index contributed by atoms with van der Waals surface area (Å²) in [6, 6.07) is 0. The third-order valence-corrected chi connectivity index (χ3v) is 1.53. The Morgan fingerprint density at radius 2 is 2.00 bits per heavy atom. The van der Waals surface area contributed by atoms with Crippen molar-refractivity contribution in [2.75, 3.05) is 13.2 Å². The molecule has 0 aromatic carbocycles. The molecule has 0 radical (unpaired) electrons. The number of ether oxygens (including phenoxy) is 2. The van der Waals surface area contributed by atoms with Gasteiger partial charge in [-0.15, -0.1) is 0 Å². The third kappa shape index (κ3) is 7.18. The number of alkyl halides is 3. The van der Waals surface area contributed by atoms with Crippen LogP contribution in [0.25, 0.3) is 0 Å². The summed E-state index contributed by atoms with van der Waals surface area (Å²) in [4.78, 5) is 10.4. The number of rotatable bonds is 6. The quantitative estimate of drug-likeness (QED) is 0.517. The topological polar surface area (TPSA) is 35.5 Å². The first kappa shape index (κ1) is 14.2. The Labute approximate surface area is 86.5 Å². The van der Waals surface area contributed by atoms with Gasteiger partial charge in [-0.25, -0.2) is 4.79 Å². The molecule has 0 N–H and O–H groups in total. The van der Waals surface area contributed by atoms with Gasteiger partial charge in [0.05, 0.1) is 6.61 Å². The molecule has 0 saturated carbocycles. The van der Waals surface area contributed by atoms with Crippen molar-refractivity contribution in [1.82, 2.24) is 0 Å². The molecular formula is C9H15F3O3. The maximum atomic E-state index is 11.7. The van der Waals surface area contributed by atoms with Crippen molar-refractivity contribution in [2.24, 2.45) is 0 Å². The molecule has 15 heavy (non-hydrogen) atoms. The van der Waals surface area contributed by atoms with Crippen LogP contribution in [-0.2, 0) is 14.3 Å². The number of halogens is 3. The average Bonchev–Trinajstić information content (AvgIpc) is 2.11. The maximum Gasteiger partial charge on any atom is 0.490 e. The molecule has 1 atom stereocenters. The predicted molar refractivity (Wildman–Crippen MR) is 47.3 cm³/mol. The molecule has 3 nitrogen and oxygen atoms in total. The lowest BCUT2D eigenvalue weighted by Gasteiger charge is -2.14. The van der Waals surface area contributed by atoms with E-state index in [0.29, 0.717) is 6.61 Å². The monoisotopic (exact) mass is 228 g/mol. The van der Waals surface area contributed by atoms with Crippen LogP contribution in [0.2, 0.25) is 0 Å². The van der Waals surface area contributed by atoms with Crippen LogP contribution in [0.5, 0.6) is 0 Å². The molecule has 0 aromatic heterocycles. The van der Waals surface area contributed by atoms with Crippen molar-refractivity contribution < 1.29 is 27.4 Å². The summed E-state index contributed by atoms with van der Waals surface area (Å²) in [5.41, 5.74) is 0. The summed E-state index contributed by atoms with van der Waals surface area (Å²) < 4.78 is 44.3. The summed E-state index contributed by atoms with van der Waals surface area (Å²) in [6.07, 6.45) is -4.04. The van der Waals surface area contributed by atoms with Gasteiger partial charge in [-0.3, -0.25) is 0 Å². The lowest BCUT2D eigenvalue weighted by Crippen LogP contribution is -2.30. The van der Waals surface area contributed by atoms with Crippen molar-refractivity contribution in [3.05, 3.63) is 0 Å². The molecule has 0 rings (SSSR count). The summed E-state index contributed by atoms with van der Waals surface area (Å²) in [5.74, 6) is -2.17. The van der Waals surface area contributed by atoms with Crippen molar-refractivity contribution in [2.45, 2.75) is 39.0 Å². The van der Waals surface area contributed by atoms with E-state index in [1.807, 2.05) is 6.92 Å². The number of unbranched alkanes of at least 4 members (excludes halogenated alkanes) is 1. The molecule has 0 aliphatic heterocycles. The molecule has 90 valence electrons. The van der Waals surface area contributed by atoms with Crippen molar-refractivity contribution >= 4 is 5.97 Å².